The smallest absolute Gasteiger partial charge is 0.407 e. The zero-order chi connectivity index (χ0) is 14.8. The van der Waals surface area contributed by atoms with Gasteiger partial charge >= 0.3 is 6.09 Å². The molecule has 5 nitrogen and oxygen atoms in total. The molecule has 1 heterocycles. The Morgan fingerprint density at radius 2 is 2.00 bits per heavy atom. The molecule has 1 aliphatic carbocycles. The fraction of sp³-hybridized carbons (Fsp3) is 0.933. The fourth-order valence-electron chi connectivity index (χ4n) is 2.80. The Hall–Kier alpha value is -0.810. The average molecular weight is 284 g/mol. The maximum absolute atomic E-state index is 11.6. The Balaban J connectivity index is 1.61. The second-order valence-corrected chi connectivity index (χ2v) is 7.09. The molecule has 0 bridgehead atoms. The number of hydrogen-bond acceptors (Lipinski definition) is 4. The zero-order valence-electron chi connectivity index (χ0n) is 13.1. The average Bonchev–Trinajstić information content (AvgIpc) is 2.76. The molecule has 0 spiro atoms. The highest BCUT2D eigenvalue weighted by Gasteiger charge is 2.34. The largest absolute Gasteiger partial charge is 0.444 e. The maximum Gasteiger partial charge on any atom is 0.407 e. The molecule has 1 aliphatic heterocycles. The Labute approximate surface area is 121 Å². The third kappa shape index (κ3) is 4.63. The number of alkyl carbamates (subject to hydrolysis) is 1. The van der Waals surface area contributed by atoms with E-state index in [4.69, 9.17) is 9.47 Å². The summed E-state index contributed by atoms with van der Waals surface area (Å²) in [4.78, 5) is 11.6. The molecule has 0 aromatic rings. The lowest BCUT2D eigenvalue weighted by molar-refractivity contribution is 0.0461. The SMILES string of the molecule is CC(NC1CC(NC(=O)OC(C)(C)C)C1)C1CCOC1. The molecule has 5 heteroatoms. The van der Waals surface area contributed by atoms with Gasteiger partial charge in [0, 0.05) is 24.7 Å². The molecule has 1 saturated heterocycles. The minimum atomic E-state index is -0.428. The summed E-state index contributed by atoms with van der Waals surface area (Å²) in [5.74, 6) is 0.632. The summed E-state index contributed by atoms with van der Waals surface area (Å²) in [5, 5.41) is 6.56. The van der Waals surface area contributed by atoms with Gasteiger partial charge in [-0.05, 0) is 52.9 Å². The van der Waals surface area contributed by atoms with E-state index in [1.807, 2.05) is 20.8 Å². The molecule has 20 heavy (non-hydrogen) atoms. The van der Waals surface area contributed by atoms with Gasteiger partial charge in [0.25, 0.3) is 0 Å². The van der Waals surface area contributed by atoms with Crippen LogP contribution < -0.4 is 10.6 Å². The maximum atomic E-state index is 11.6. The molecule has 0 aromatic carbocycles. The van der Waals surface area contributed by atoms with Crippen molar-refractivity contribution in [2.45, 2.75) is 70.7 Å². The van der Waals surface area contributed by atoms with Crippen LogP contribution in [-0.2, 0) is 9.47 Å². The van der Waals surface area contributed by atoms with Gasteiger partial charge in [-0.15, -0.1) is 0 Å². The van der Waals surface area contributed by atoms with E-state index >= 15 is 0 Å². The van der Waals surface area contributed by atoms with Crippen molar-refractivity contribution in [3.05, 3.63) is 0 Å². The van der Waals surface area contributed by atoms with E-state index in [0.29, 0.717) is 18.0 Å². The molecular weight excluding hydrogens is 256 g/mol. The van der Waals surface area contributed by atoms with Crippen LogP contribution in [0.4, 0.5) is 4.79 Å². The van der Waals surface area contributed by atoms with E-state index in [0.717, 1.165) is 32.5 Å². The highest BCUT2D eigenvalue weighted by Crippen LogP contribution is 2.24. The van der Waals surface area contributed by atoms with E-state index < -0.39 is 5.60 Å². The molecule has 0 aromatic heterocycles. The van der Waals surface area contributed by atoms with Crippen LogP contribution in [0, 0.1) is 5.92 Å². The van der Waals surface area contributed by atoms with Crippen LogP contribution in [0.25, 0.3) is 0 Å². The Bertz CT molecular complexity index is 329. The third-order valence-corrected chi connectivity index (χ3v) is 4.03. The molecule has 2 fully saturated rings. The normalized spacial score (nSPS) is 31.5. The predicted molar refractivity (Wildman–Crippen MR) is 77.7 cm³/mol. The first-order valence-corrected chi connectivity index (χ1v) is 7.67. The van der Waals surface area contributed by atoms with Crippen molar-refractivity contribution in [2.24, 2.45) is 5.92 Å². The van der Waals surface area contributed by atoms with Gasteiger partial charge in [0.15, 0.2) is 0 Å². The first-order chi connectivity index (χ1) is 9.33. The highest BCUT2D eigenvalue weighted by molar-refractivity contribution is 5.68. The molecule has 2 N–H and O–H groups in total. The van der Waals surface area contributed by atoms with Crippen molar-refractivity contribution in [1.29, 1.82) is 0 Å². The minimum absolute atomic E-state index is 0.245. The Kier molecular flexibility index (Phi) is 4.91. The summed E-state index contributed by atoms with van der Waals surface area (Å²) < 4.78 is 10.7. The number of nitrogens with one attached hydrogen (secondary N) is 2. The lowest BCUT2D eigenvalue weighted by Gasteiger charge is -2.39. The highest BCUT2D eigenvalue weighted by atomic mass is 16.6. The standard InChI is InChI=1S/C15H28N2O3/c1-10(11-5-6-19-9-11)16-12-7-13(8-12)17-14(18)20-15(2,3)4/h10-13,16H,5-9H2,1-4H3,(H,17,18). The predicted octanol–water partition coefficient (Wildman–Crippen LogP) is 2.06. The molecule has 0 radical (unpaired) electrons. The molecule has 1 amide bonds. The number of carbonyl (C=O) groups is 1. The lowest BCUT2D eigenvalue weighted by atomic mass is 9.85. The topological polar surface area (TPSA) is 59.6 Å². The summed E-state index contributed by atoms with van der Waals surface area (Å²) in [7, 11) is 0. The first kappa shape index (κ1) is 15.6. The van der Waals surface area contributed by atoms with Crippen LogP contribution in [0.1, 0.15) is 47.0 Å². The van der Waals surface area contributed by atoms with Gasteiger partial charge in [-0.2, -0.15) is 0 Å². The Morgan fingerprint density at radius 1 is 1.30 bits per heavy atom. The van der Waals surface area contributed by atoms with Crippen molar-refractivity contribution in [3.8, 4) is 0 Å². The number of carbonyl (C=O) groups excluding carboxylic acids is 1. The zero-order valence-corrected chi connectivity index (χ0v) is 13.1. The van der Waals surface area contributed by atoms with Crippen LogP contribution in [0.2, 0.25) is 0 Å². The summed E-state index contributed by atoms with van der Waals surface area (Å²) in [5.41, 5.74) is -0.428. The van der Waals surface area contributed by atoms with Gasteiger partial charge in [0.2, 0.25) is 0 Å². The number of hydrogen-bond donors (Lipinski definition) is 2. The molecule has 116 valence electrons. The quantitative estimate of drug-likeness (QED) is 0.829. The van der Waals surface area contributed by atoms with Crippen LogP contribution in [0.5, 0.6) is 0 Å². The van der Waals surface area contributed by atoms with Crippen molar-refractivity contribution in [2.75, 3.05) is 13.2 Å². The monoisotopic (exact) mass is 284 g/mol. The lowest BCUT2D eigenvalue weighted by Crippen LogP contribution is -2.55. The molecule has 2 rings (SSSR count). The Morgan fingerprint density at radius 3 is 2.55 bits per heavy atom. The summed E-state index contributed by atoms with van der Waals surface area (Å²) in [6, 6.07) is 1.24. The van der Waals surface area contributed by atoms with Gasteiger partial charge in [0.1, 0.15) is 5.60 Å². The van der Waals surface area contributed by atoms with E-state index in [-0.39, 0.29) is 12.1 Å². The molecule has 2 atom stereocenters. The molecular formula is C15H28N2O3. The van der Waals surface area contributed by atoms with Crippen molar-refractivity contribution >= 4 is 6.09 Å². The number of ether oxygens (including phenoxy) is 2. The summed E-state index contributed by atoms with van der Waals surface area (Å²) >= 11 is 0. The van der Waals surface area contributed by atoms with Gasteiger partial charge in [-0.25, -0.2) is 4.79 Å². The summed E-state index contributed by atoms with van der Waals surface area (Å²) in [6.07, 6.45) is 2.81. The van der Waals surface area contributed by atoms with Crippen LogP contribution in [0.15, 0.2) is 0 Å². The molecule has 1 saturated carbocycles. The van der Waals surface area contributed by atoms with Gasteiger partial charge in [-0.3, -0.25) is 0 Å². The molecule has 2 aliphatic rings. The number of rotatable bonds is 4. The third-order valence-electron chi connectivity index (χ3n) is 4.03. The van der Waals surface area contributed by atoms with Gasteiger partial charge in [0.05, 0.1) is 6.61 Å². The van der Waals surface area contributed by atoms with E-state index in [1.54, 1.807) is 0 Å². The first-order valence-electron chi connectivity index (χ1n) is 7.67. The second-order valence-electron chi connectivity index (χ2n) is 7.09. The van der Waals surface area contributed by atoms with Gasteiger partial charge < -0.3 is 20.1 Å². The van der Waals surface area contributed by atoms with Crippen LogP contribution in [0.3, 0.4) is 0 Å². The number of amides is 1. The van der Waals surface area contributed by atoms with Crippen molar-refractivity contribution < 1.29 is 14.3 Å². The van der Waals surface area contributed by atoms with E-state index in [2.05, 4.69) is 17.6 Å². The summed E-state index contributed by atoms with van der Waals surface area (Å²) in [6.45, 7) is 9.63. The van der Waals surface area contributed by atoms with Crippen molar-refractivity contribution in [1.82, 2.24) is 10.6 Å². The minimum Gasteiger partial charge on any atom is -0.444 e. The van der Waals surface area contributed by atoms with Gasteiger partial charge in [-0.1, -0.05) is 0 Å². The second kappa shape index (κ2) is 6.31. The fourth-order valence-corrected chi connectivity index (χ4v) is 2.80. The van der Waals surface area contributed by atoms with E-state index in [1.165, 1.54) is 0 Å². The van der Waals surface area contributed by atoms with Crippen LogP contribution in [-0.4, -0.2) is 43.0 Å². The van der Waals surface area contributed by atoms with Crippen LogP contribution >= 0.6 is 0 Å². The molecule has 2 unspecified atom stereocenters. The van der Waals surface area contributed by atoms with E-state index in [9.17, 15) is 4.79 Å². The van der Waals surface area contributed by atoms with Crippen molar-refractivity contribution in [3.63, 3.8) is 0 Å².